The van der Waals surface area contributed by atoms with Crippen molar-refractivity contribution in [2.24, 2.45) is 5.92 Å². The number of rotatable bonds is 6. The highest BCUT2D eigenvalue weighted by molar-refractivity contribution is 5.79. The Kier molecular flexibility index (Phi) is 4.95. The van der Waals surface area contributed by atoms with Gasteiger partial charge < -0.3 is 15.3 Å². The molecule has 0 bridgehead atoms. The molecule has 4 heteroatoms. The minimum absolute atomic E-state index is 0.396. The highest BCUT2D eigenvalue weighted by Crippen LogP contribution is 2.33. The fourth-order valence-electron chi connectivity index (χ4n) is 2.69. The number of likely N-dealkylation sites (N-methyl/N-ethyl adjacent to an activating group) is 1. The number of carboxylic acids is 1. The molecule has 0 amide bonds. The maximum atomic E-state index is 11.3. The third kappa shape index (κ3) is 3.19. The maximum absolute atomic E-state index is 11.3. The molecule has 0 aromatic carbocycles. The van der Waals surface area contributed by atoms with Gasteiger partial charge in [0.1, 0.15) is 5.54 Å². The summed E-state index contributed by atoms with van der Waals surface area (Å²) in [5.74, 6) is -0.0335. The molecule has 0 radical (unpaired) electrons. The third-order valence-corrected chi connectivity index (χ3v) is 4.30. The Labute approximate surface area is 104 Å². The molecule has 3 atom stereocenters. The number of hydrogen-bond acceptors (Lipinski definition) is 3. The summed E-state index contributed by atoms with van der Waals surface area (Å²) in [5.41, 5.74) is -0.700. The van der Waals surface area contributed by atoms with E-state index in [1.165, 1.54) is 6.42 Å². The van der Waals surface area contributed by atoms with Crippen LogP contribution in [0.15, 0.2) is 0 Å². The van der Waals surface area contributed by atoms with Gasteiger partial charge in [-0.05, 0) is 39.3 Å². The van der Waals surface area contributed by atoms with Crippen molar-refractivity contribution in [2.45, 2.75) is 51.1 Å². The van der Waals surface area contributed by atoms with Crippen LogP contribution in [0.1, 0.15) is 39.5 Å². The molecule has 1 aliphatic rings. The first-order valence-corrected chi connectivity index (χ1v) is 6.57. The van der Waals surface area contributed by atoms with E-state index >= 15 is 0 Å². The smallest absolute Gasteiger partial charge is 0.323 e. The summed E-state index contributed by atoms with van der Waals surface area (Å²) >= 11 is 0. The van der Waals surface area contributed by atoms with Gasteiger partial charge in [0.25, 0.3) is 0 Å². The van der Waals surface area contributed by atoms with E-state index in [1.807, 2.05) is 0 Å². The number of hydrogen-bond donors (Lipinski definition) is 2. The van der Waals surface area contributed by atoms with Crippen LogP contribution in [0, 0.1) is 5.92 Å². The van der Waals surface area contributed by atoms with Crippen molar-refractivity contribution < 1.29 is 9.90 Å². The normalized spacial score (nSPS) is 30.8. The van der Waals surface area contributed by atoms with Crippen molar-refractivity contribution in [3.05, 3.63) is 0 Å². The molecule has 0 aliphatic heterocycles. The zero-order valence-corrected chi connectivity index (χ0v) is 11.5. The number of nitrogens with zero attached hydrogens (tertiary/aromatic N) is 1. The Balaban J connectivity index is 2.57. The molecular formula is C13H26N2O2. The molecule has 2 N–H and O–H groups in total. The van der Waals surface area contributed by atoms with Gasteiger partial charge in [0.2, 0.25) is 0 Å². The lowest BCUT2D eigenvalue weighted by Crippen LogP contribution is -2.49. The van der Waals surface area contributed by atoms with Crippen LogP contribution in [0.4, 0.5) is 0 Å². The Bertz CT molecular complexity index is 270. The quantitative estimate of drug-likeness (QED) is 0.742. The van der Waals surface area contributed by atoms with Crippen molar-refractivity contribution in [3.8, 4) is 0 Å². The lowest BCUT2D eigenvalue weighted by atomic mass is 9.97. The first kappa shape index (κ1) is 14.5. The number of nitrogens with one attached hydrogen (secondary N) is 1. The predicted molar refractivity (Wildman–Crippen MR) is 69.2 cm³/mol. The molecule has 0 saturated heterocycles. The van der Waals surface area contributed by atoms with Crippen LogP contribution in [0.2, 0.25) is 0 Å². The van der Waals surface area contributed by atoms with E-state index < -0.39 is 11.5 Å². The Morgan fingerprint density at radius 2 is 2.29 bits per heavy atom. The SMILES string of the molecule is CCC(C)CN(C)C1CCC(NC)(C(=O)O)C1. The van der Waals surface area contributed by atoms with E-state index in [0.29, 0.717) is 18.4 Å². The van der Waals surface area contributed by atoms with Crippen LogP contribution in [-0.4, -0.2) is 48.2 Å². The minimum Gasteiger partial charge on any atom is -0.480 e. The second kappa shape index (κ2) is 5.83. The second-order valence-electron chi connectivity index (χ2n) is 5.49. The topological polar surface area (TPSA) is 52.6 Å². The second-order valence-corrected chi connectivity index (χ2v) is 5.49. The number of carbonyl (C=O) groups is 1. The molecule has 1 saturated carbocycles. The summed E-state index contributed by atoms with van der Waals surface area (Å²) in [4.78, 5) is 13.6. The van der Waals surface area contributed by atoms with Gasteiger partial charge in [-0.25, -0.2) is 0 Å². The number of aliphatic carboxylic acids is 1. The van der Waals surface area contributed by atoms with Crippen LogP contribution < -0.4 is 5.32 Å². The highest BCUT2D eigenvalue weighted by Gasteiger charge is 2.45. The first-order chi connectivity index (χ1) is 7.95. The minimum atomic E-state index is -0.709. The van der Waals surface area contributed by atoms with Crippen molar-refractivity contribution in [1.29, 1.82) is 0 Å². The molecule has 0 aromatic rings. The van der Waals surface area contributed by atoms with Crippen LogP contribution >= 0.6 is 0 Å². The predicted octanol–water partition coefficient (Wildman–Crippen LogP) is 1.56. The monoisotopic (exact) mass is 242 g/mol. The maximum Gasteiger partial charge on any atom is 0.323 e. The lowest BCUT2D eigenvalue weighted by Gasteiger charge is -2.29. The summed E-state index contributed by atoms with van der Waals surface area (Å²) in [6, 6.07) is 0.396. The molecule has 1 fully saturated rings. The zero-order chi connectivity index (χ0) is 13.1. The molecule has 4 nitrogen and oxygen atoms in total. The van der Waals surface area contributed by atoms with Gasteiger partial charge in [0, 0.05) is 12.6 Å². The Morgan fingerprint density at radius 1 is 1.65 bits per heavy atom. The standard InChI is InChI=1S/C13H26N2O2/c1-5-10(2)9-15(4)11-6-7-13(8-11,14-3)12(16)17/h10-11,14H,5-9H2,1-4H3,(H,16,17). The summed E-state index contributed by atoms with van der Waals surface area (Å²) in [6.45, 7) is 5.50. The Morgan fingerprint density at radius 3 is 2.71 bits per heavy atom. The van der Waals surface area contributed by atoms with E-state index in [9.17, 15) is 9.90 Å². The first-order valence-electron chi connectivity index (χ1n) is 6.57. The molecular weight excluding hydrogens is 216 g/mol. The van der Waals surface area contributed by atoms with E-state index in [2.05, 4.69) is 31.1 Å². The van der Waals surface area contributed by atoms with Crippen LogP contribution in [0.3, 0.4) is 0 Å². The van der Waals surface area contributed by atoms with E-state index in [-0.39, 0.29) is 0 Å². The highest BCUT2D eigenvalue weighted by atomic mass is 16.4. The summed E-state index contributed by atoms with van der Waals surface area (Å²) in [6.07, 6.45) is 3.59. The molecule has 17 heavy (non-hydrogen) atoms. The summed E-state index contributed by atoms with van der Waals surface area (Å²) in [7, 11) is 3.87. The fourth-order valence-corrected chi connectivity index (χ4v) is 2.69. The summed E-state index contributed by atoms with van der Waals surface area (Å²) in [5, 5.41) is 12.3. The van der Waals surface area contributed by atoms with Crippen molar-refractivity contribution in [3.63, 3.8) is 0 Å². The molecule has 100 valence electrons. The van der Waals surface area contributed by atoms with Gasteiger partial charge in [0.15, 0.2) is 0 Å². The van der Waals surface area contributed by atoms with Crippen molar-refractivity contribution in [1.82, 2.24) is 10.2 Å². The van der Waals surface area contributed by atoms with Crippen LogP contribution in [-0.2, 0) is 4.79 Å². The van der Waals surface area contributed by atoms with E-state index in [4.69, 9.17) is 0 Å². The molecule has 0 aromatic heterocycles. The fraction of sp³-hybridized carbons (Fsp3) is 0.923. The van der Waals surface area contributed by atoms with Gasteiger partial charge >= 0.3 is 5.97 Å². The van der Waals surface area contributed by atoms with Crippen molar-refractivity contribution >= 4 is 5.97 Å². The lowest BCUT2D eigenvalue weighted by molar-refractivity contribution is -0.144. The molecule has 0 spiro atoms. The van der Waals surface area contributed by atoms with Gasteiger partial charge in [-0.1, -0.05) is 20.3 Å². The Hall–Kier alpha value is -0.610. The van der Waals surface area contributed by atoms with Crippen LogP contribution in [0.5, 0.6) is 0 Å². The molecule has 1 aliphatic carbocycles. The average Bonchev–Trinajstić information content (AvgIpc) is 2.74. The largest absolute Gasteiger partial charge is 0.480 e. The summed E-state index contributed by atoms with van der Waals surface area (Å²) < 4.78 is 0. The van der Waals surface area contributed by atoms with Gasteiger partial charge in [-0.2, -0.15) is 0 Å². The van der Waals surface area contributed by atoms with E-state index in [1.54, 1.807) is 7.05 Å². The molecule has 3 unspecified atom stereocenters. The van der Waals surface area contributed by atoms with E-state index in [0.717, 1.165) is 19.4 Å². The third-order valence-electron chi connectivity index (χ3n) is 4.30. The van der Waals surface area contributed by atoms with Crippen molar-refractivity contribution in [2.75, 3.05) is 20.6 Å². The van der Waals surface area contributed by atoms with Gasteiger partial charge in [-0.3, -0.25) is 4.79 Å². The number of carboxylic acid groups (broad SMARTS) is 1. The van der Waals surface area contributed by atoms with Crippen LogP contribution in [0.25, 0.3) is 0 Å². The zero-order valence-electron chi connectivity index (χ0n) is 11.5. The molecule has 1 rings (SSSR count). The van der Waals surface area contributed by atoms with Gasteiger partial charge in [-0.15, -0.1) is 0 Å². The average molecular weight is 242 g/mol. The molecule has 0 heterocycles. The van der Waals surface area contributed by atoms with Gasteiger partial charge in [0.05, 0.1) is 0 Å².